The maximum atomic E-state index is 12.6. The van der Waals surface area contributed by atoms with Gasteiger partial charge in [-0.2, -0.15) is 10.1 Å². The number of hydrogen-bond acceptors (Lipinski definition) is 6. The van der Waals surface area contributed by atoms with Crippen LogP contribution in [0.5, 0.6) is 0 Å². The molecule has 9 heteroatoms. The standard InChI is InChI=1S/C20H24N8O/c1-20(2,3)28-17-14(12-21-28)18(29)23-19(22-17)26-10-7-13(8-11-26)16-25-24-15-6-4-5-9-27(15)16/h4-6,9,12-13H,7-8,10-11H2,1-3H3,(H,22,23,29). The Bertz CT molecular complexity index is 1240. The number of H-pyrrole nitrogens is 1. The van der Waals surface area contributed by atoms with E-state index in [1.165, 1.54) is 0 Å². The molecule has 4 aromatic heterocycles. The van der Waals surface area contributed by atoms with Gasteiger partial charge in [0.05, 0.1) is 11.7 Å². The lowest BCUT2D eigenvalue weighted by Gasteiger charge is -2.31. The van der Waals surface area contributed by atoms with Crippen molar-refractivity contribution in [2.45, 2.75) is 45.1 Å². The molecule has 0 amide bonds. The molecule has 5 rings (SSSR count). The number of hydrogen-bond donors (Lipinski definition) is 1. The Kier molecular flexibility index (Phi) is 3.94. The highest BCUT2D eigenvalue weighted by Gasteiger charge is 2.27. The molecule has 1 fully saturated rings. The number of piperidine rings is 1. The van der Waals surface area contributed by atoms with Crippen molar-refractivity contribution in [3.8, 4) is 0 Å². The zero-order valence-corrected chi connectivity index (χ0v) is 16.8. The average molecular weight is 392 g/mol. The second-order valence-corrected chi connectivity index (χ2v) is 8.60. The normalized spacial score (nSPS) is 16.2. The molecule has 0 bridgehead atoms. The van der Waals surface area contributed by atoms with Crippen LogP contribution in [-0.4, -0.2) is 47.4 Å². The predicted octanol–water partition coefficient (Wildman–Crippen LogP) is 2.30. The van der Waals surface area contributed by atoms with E-state index in [-0.39, 0.29) is 11.1 Å². The summed E-state index contributed by atoms with van der Waals surface area (Å²) in [5.41, 5.74) is 1.10. The number of pyridine rings is 1. The summed E-state index contributed by atoms with van der Waals surface area (Å²) in [6.07, 6.45) is 5.46. The van der Waals surface area contributed by atoms with Crippen LogP contribution in [-0.2, 0) is 5.54 Å². The average Bonchev–Trinajstić information content (AvgIpc) is 3.32. The smallest absolute Gasteiger partial charge is 0.263 e. The molecule has 150 valence electrons. The minimum absolute atomic E-state index is 0.147. The van der Waals surface area contributed by atoms with Crippen molar-refractivity contribution < 1.29 is 0 Å². The van der Waals surface area contributed by atoms with Gasteiger partial charge in [-0.3, -0.25) is 14.2 Å². The summed E-state index contributed by atoms with van der Waals surface area (Å²) in [5, 5.41) is 13.6. The Morgan fingerprint density at radius 2 is 1.93 bits per heavy atom. The first-order valence-corrected chi connectivity index (χ1v) is 9.95. The second kappa shape index (κ2) is 6.40. The highest BCUT2D eigenvalue weighted by Crippen LogP contribution is 2.29. The molecule has 0 unspecified atom stereocenters. The lowest BCUT2D eigenvalue weighted by molar-refractivity contribution is 0.365. The Morgan fingerprint density at radius 3 is 2.69 bits per heavy atom. The number of aromatic nitrogens is 7. The fraction of sp³-hybridized carbons (Fsp3) is 0.450. The van der Waals surface area contributed by atoms with Crippen molar-refractivity contribution in [2.24, 2.45) is 0 Å². The molecule has 1 saturated heterocycles. The maximum Gasteiger partial charge on any atom is 0.263 e. The zero-order valence-electron chi connectivity index (χ0n) is 16.8. The van der Waals surface area contributed by atoms with Crippen molar-refractivity contribution in [1.82, 2.24) is 34.3 Å². The SMILES string of the molecule is CC(C)(C)n1ncc2c(=O)[nH]c(N3CCC(c4nnc5ccccn45)CC3)nc21. The molecular formula is C20H24N8O. The number of aromatic amines is 1. The molecule has 0 saturated carbocycles. The largest absolute Gasteiger partial charge is 0.342 e. The third-order valence-corrected chi connectivity index (χ3v) is 5.56. The van der Waals surface area contributed by atoms with Gasteiger partial charge in [0.2, 0.25) is 5.95 Å². The summed E-state index contributed by atoms with van der Waals surface area (Å²) in [6, 6.07) is 5.93. The third kappa shape index (κ3) is 2.97. The van der Waals surface area contributed by atoms with Crippen LogP contribution < -0.4 is 10.5 Å². The zero-order chi connectivity index (χ0) is 20.2. The number of fused-ring (bicyclic) bond motifs is 2. The first kappa shape index (κ1) is 17.8. The first-order chi connectivity index (χ1) is 13.9. The van der Waals surface area contributed by atoms with Crippen LogP contribution in [0.3, 0.4) is 0 Å². The molecule has 9 nitrogen and oxygen atoms in total. The Labute approximate surface area is 167 Å². The van der Waals surface area contributed by atoms with E-state index in [1.807, 2.05) is 29.1 Å². The van der Waals surface area contributed by atoms with Gasteiger partial charge in [-0.25, -0.2) is 4.68 Å². The fourth-order valence-electron chi connectivity index (χ4n) is 4.04. The summed E-state index contributed by atoms with van der Waals surface area (Å²) in [6.45, 7) is 7.75. The third-order valence-electron chi connectivity index (χ3n) is 5.56. The van der Waals surface area contributed by atoms with E-state index in [1.54, 1.807) is 6.20 Å². The van der Waals surface area contributed by atoms with Crippen LogP contribution in [0.2, 0.25) is 0 Å². The summed E-state index contributed by atoms with van der Waals surface area (Å²) < 4.78 is 3.88. The molecule has 0 spiro atoms. The molecule has 0 aliphatic carbocycles. The van der Waals surface area contributed by atoms with E-state index < -0.39 is 0 Å². The van der Waals surface area contributed by atoms with E-state index in [4.69, 9.17) is 4.98 Å². The van der Waals surface area contributed by atoms with E-state index in [0.717, 1.165) is 37.4 Å². The summed E-state index contributed by atoms with van der Waals surface area (Å²) in [7, 11) is 0. The minimum Gasteiger partial charge on any atom is -0.342 e. The first-order valence-electron chi connectivity index (χ1n) is 9.95. The quantitative estimate of drug-likeness (QED) is 0.562. The van der Waals surface area contributed by atoms with Crippen molar-refractivity contribution in [3.05, 3.63) is 46.8 Å². The molecular weight excluding hydrogens is 368 g/mol. The number of rotatable bonds is 2. The van der Waals surface area contributed by atoms with Gasteiger partial charge < -0.3 is 4.90 Å². The van der Waals surface area contributed by atoms with Crippen LogP contribution in [0.25, 0.3) is 16.7 Å². The Morgan fingerprint density at radius 1 is 1.14 bits per heavy atom. The predicted molar refractivity (Wildman–Crippen MR) is 110 cm³/mol. The van der Waals surface area contributed by atoms with E-state index >= 15 is 0 Å². The van der Waals surface area contributed by atoms with Crippen molar-refractivity contribution in [3.63, 3.8) is 0 Å². The van der Waals surface area contributed by atoms with E-state index in [0.29, 0.717) is 22.9 Å². The lowest BCUT2D eigenvalue weighted by atomic mass is 9.96. The van der Waals surface area contributed by atoms with Crippen LogP contribution >= 0.6 is 0 Å². The summed E-state index contributed by atoms with van der Waals surface area (Å²) >= 11 is 0. The van der Waals surface area contributed by atoms with Crippen LogP contribution in [0.15, 0.2) is 35.4 Å². The molecule has 0 atom stereocenters. The van der Waals surface area contributed by atoms with Gasteiger partial charge >= 0.3 is 0 Å². The minimum atomic E-state index is -0.248. The molecule has 0 radical (unpaired) electrons. The Balaban J connectivity index is 1.42. The van der Waals surface area contributed by atoms with Crippen LogP contribution in [0.1, 0.15) is 45.4 Å². The van der Waals surface area contributed by atoms with Gasteiger partial charge in [0.15, 0.2) is 11.3 Å². The monoisotopic (exact) mass is 392 g/mol. The van der Waals surface area contributed by atoms with Crippen molar-refractivity contribution in [2.75, 3.05) is 18.0 Å². The number of nitrogens with one attached hydrogen (secondary N) is 1. The number of nitrogens with zero attached hydrogens (tertiary/aromatic N) is 7. The molecule has 1 aliphatic rings. The van der Waals surface area contributed by atoms with Gasteiger partial charge in [0.1, 0.15) is 11.2 Å². The molecule has 0 aromatic carbocycles. The second-order valence-electron chi connectivity index (χ2n) is 8.60. The number of anilines is 1. The molecule has 1 N–H and O–H groups in total. The van der Waals surface area contributed by atoms with Gasteiger partial charge in [0, 0.05) is 25.2 Å². The van der Waals surface area contributed by atoms with Crippen LogP contribution in [0, 0.1) is 0 Å². The van der Waals surface area contributed by atoms with Gasteiger partial charge in [-0.05, 0) is 45.7 Å². The van der Waals surface area contributed by atoms with Gasteiger partial charge in [0.25, 0.3) is 5.56 Å². The van der Waals surface area contributed by atoms with Crippen LogP contribution in [0.4, 0.5) is 5.95 Å². The van der Waals surface area contributed by atoms with Crippen molar-refractivity contribution in [1.29, 1.82) is 0 Å². The molecule has 4 aromatic rings. The summed E-state index contributed by atoms with van der Waals surface area (Å²) in [5.74, 6) is 1.94. The molecule has 29 heavy (non-hydrogen) atoms. The maximum absolute atomic E-state index is 12.6. The highest BCUT2D eigenvalue weighted by atomic mass is 16.1. The lowest BCUT2D eigenvalue weighted by Crippen LogP contribution is -2.36. The fourth-order valence-corrected chi connectivity index (χ4v) is 4.04. The van der Waals surface area contributed by atoms with Gasteiger partial charge in [-0.15, -0.1) is 10.2 Å². The van der Waals surface area contributed by atoms with Gasteiger partial charge in [-0.1, -0.05) is 6.07 Å². The Hall–Kier alpha value is -3.23. The van der Waals surface area contributed by atoms with E-state index in [2.05, 4.69) is 50.4 Å². The molecule has 1 aliphatic heterocycles. The topological polar surface area (TPSA) is 97.0 Å². The highest BCUT2D eigenvalue weighted by molar-refractivity contribution is 5.74. The summed E-state index contributed by atoms with van der Waals surface area (Å²) in [4.78, 5) is 22.4. The van der Waals surface area contributed by atoms with E-state index in [9.17, 15) is 4.79 Å². The van der Waals surface area contributed by atoms with Crippen molar-refractivity contribution >= 4 is 22.6 Å². The molecule has 5 heterocycles.